The van der Waals surface area contributed by atoms with Crippen LogP contribution in [-0.4, -0.2) is 36.0 Å². The van der Waals surface area contributed by atoms with Gasteiger partial charge in [0, 0.05) is 19.2 Å². The molecule has 4 nitrogen and oxygen atoms in total. The predicted molar refractivity (Wildman–Crippen MR) is 43.6 cm³/mol. The van der Waals surface area contributed by atoms with Crippen molar-refractivity contribution in [3.05, 3.63) is 0 Å². The number of carbonyl (C=O) groups is 1. The molecule has 0 aromatic heterocycles. The van der Waals surface area contributed by atoms with Gasteiger partial charge in [0.05, 0.1) is 5.88 Å². The van der Waals surface area contributed by atoms with Crippen molar-refractivity contribution in [1.29, 1.82) is 0 Å². The first-order valence-electron chi connectivity index (χ1n) is 3.13. The van der Waals surface area contributed by atoms with Crippen molar-refractivity contribution in [2.24, 2.45) is 0 Å². The van der Waals surface area contributed by atoms with E-state index in [4.69, 9.17) is 0 Å². The van der Waals surface area contributed by atoms with Gasteiger partial charge in [-0.3, -0.25) is 4.79 Å². The van der Waals surface area contributed by atoms with Gasteiger partial charge in [-0.25, -0.2) is 8.42 Å². The fraction of sp³-hybridized carbons (Fsp3) is 0.800. The van der Waals surface area contributed by atoms with Crippen molar-refractivity contribution in [1.82, 2.24) is 4.31 Å². The highest BCUT2D eigenvalue weighted by molar-refractivity contribution is 8.06. The Balaban J connectivity index is 2.80. The molecule has 1 aliphatic heterocycles. The van der Waals surface area contributed by atoms with Crippen molar-refractivity contribution in [3.8, 4) is 0 Å². The highest BCUT2D eigenvalue weighted by Gasteiger charge is 2.29. The SMILES string of the molecule is CC(=O)S(=O)(=O)N1CCSC1. The van der Waals surface area contributed by atoms with Crippen LogP contribution < -0.4 is 0 Å². The van der Waals surface area contributed by atoms with Crippen molar-refractivity contribution >= 4 is 26.9 Å². The second-order valence-corrected chi connectivity index (χ2v) is 5.33. The molecule has 1 saturated heterocycles. The molecule has 0 aromatic carbocycles. The molecule has 0 aromatic rings. The van der Waals surface area contributed by atoms with Crippen molar-refractivity contribution in [2.75, 3.05) is 18.2 Å². The number of rotatable bonds is 1. The van der Waals surface area contributed by atoms with Gasteiger partial charge >= 0.3 is 0 Å². The smallest absolute Gasteiger partial charge is 0.277 e. The molecule has 0 aliphatic carbocycles. The van der Waals surface area contributed by atoms with Crippen molar-refractivity contribution in [3.63, 3.8) is 0 Å². The van der Waals surface area contributed by atoms with Crippen LogP contribution in [0.4, 0.5) is 0 Å². The van der Waals surface area contributed by atoms with Crippen molar-refractivity contribution < 1.29 is 13.2 Å². The fourth-order valence-electron chi connectivity index (χ4n) is 0.769. The molecule has 0 saturated carbocycles. The first kappa shape index (κ1) is 9.02. The normalized spacial score (nSPS) is 20.5. The Hall–Kier alpha value is -0.0700. The lowest BCUT2D eigenvalue weighted by Gasteiger charge is -2.10. The number of hydrogen-bond donors (Lipinski definition) is 0. The van der Waals surface area contributed by atoms with E-state index in [2.05, 4.69) is 0 Å². The molecule has 1 rings (SSSR count). The zero-order valence-electron chi connectivity index (χ0n) is 6.11. The number of sulfonamides is 1. The molecule has 0 radical (unpaired) electrons. The third-order valence-electron chi connectivity index (χ3n) is 1.42. The summed E-state index contributed by atoms with van der Waals surface area (Å²) in [6, 6.07) is 0. The minimum absolute atomic E-state index is 0.419. The summed E-state index contributed by atoms with van der Waals surface area (Å²) in [5.74, 6) is 1.20. The lowest BCUT2D eigenvalue weighted by molar-refractivity contribution is -0.110. The highest BCUT2D eigenvalue weighted by Crippen LogP contribution is 2.17. The van der Waals surface area contributed by atoms with Gasteiger partial charge in [-0.2, -0.15) is 4.31 Å². The second-order valence-electron chi connectivity index (χ2n) is 2.21. The number of carbonyl (C=O) groups excluding carboxylic acids is 1. The molecule has 0 atom stereocenters. The second kappa shape index (κ2) is 3.12. The van der Waals surface area contributed by atoms with Crippen LogP contribution in [0.1, 0.15) is 6.92 Å². The van der Waals surface area contributed by atoms with Gasteiger partial charge in [0.15, 0.2) is 0 Å². The first-order chi connectivity index (χ1) is 5.05. The maximum absolute atomic E-state index is 11.1. The zero-order chi connectivity index (χ0) is 8.48. The van der Waals surface area contributed by atoms with Crippen LogP contribution in [0.25, 0.3) is 0 Å². The van der Waals surface area contributed by atoms with E-state index in [1.165, 1.54) is 16.1 Å². The zero-order valence-corrected chi connectivity index (χ0v) is 7.74. The van der Waals surface area contributed by atoms with Crippen LogP contribution in [0, 0.1) is 0 Å². The number of thioether (sulfide) groups is 1. The molecule has 0 spiro atoms. The van der Waals surface area contributed by atoms with Crippen LogP contribution in [-0.2, 0) is 14.8 Å². The molecule has 1 fully saturated rings. The Morgan fingerprint density at radius 1 is 1.55 bits per heavy atom. The lowest BCUT2D eigenvalue weighted by Crippen LogP contribution is -2.32. The summed E-state index contributed by atoms with van der Waals surface area (Å²) in [4.78, 5) is 10.6. The van der Waals surface area contributed by atoms with E-state index in [1.807, 2.05) is 0 Å². The monoisotopic (exact) mass is 195 g/mol. The Bertz CT molecular complexity index is 253. The van der Waals surface area contributed by atoms with Crippen LogP contribution >= 0.6 is 11.8 Å². The predicted octanol–water partition coefficient (Wildman–Crippen LogP) is -0.131. The topological polar surface area (TPSA) is 54.5 Å². The van der Waals surface area contributed by atoms with Gasteiger partial charge in [0.25, 0.3) is 15.1 Å². The molecular formula is C5H9NO3S2. The maximum Gasteiger partial charge on any atom is 0.277 e. The molecule has 0 bridgehead atoms. The van der Waals surface area contributed by atoms with Gasteiger partial charge in [0.1, 0.15) is 0 Å². The average molecular weight is 195 g/mol. The summed E-state index contributed by atoms with van der Waals surface area (Å²) < 4.78 is 23.4. The minimum Gasteiger partial charge on any atom is -0.281 e. The Morgan fingerprint density at radius 3 is 2.55 bits per heavy atom. The van der Waals surface area contributed by atoms with Gasteiger partial charge < -0.3 is 0 Å². The van der Waals surface area contributed by atoms with E-state index in [9.17, 15) is 13.2 Å². The van der Waals surface area contributed by atoms with E-state index < -0.39 is 15.1 Å². The van der Waals surface area contributed by atoms with E-state index in [1.54, 1.807) is 0 Å². The van der Waals surface area contributed by atoms with E-state index >= 15 is 0 Å². The third-order valence-corrected chi connectivity index (χ3v) is 4.27. The van der Waals surface area contributed by atoms with Crippen LogP contribution in [0.5, 0.6) is 0 Å². The number of nitrogens with zero attached hydrogens (tertiary/aromatic N) is 1. The third kappa shape index (κ3) is 1.74. The molecule has 64 valence electrons. The van der Waals surface area contributed by atoms with Gasteiger partial charge in [-0.1, -0.05) is 0 Å². The summed E-state index contributed by atoms with van der Waals surface area (Å²) in [5, 5.41) is -0.764. The Morgan fingerprint density at radius 2 is 2.18 bits per heavy atom. The van der Waals surface area contributed by atoms with Gasteiger partial charge in [-0.15, -0.1) is 11.8 Å². The largest absolute Gasteiger partial charge is 0.281 e. The van der Waals surface area contributed by atoms with E-state index in [0.717, 1.165) is 12.7 Å². The van der Waals surface area contributed by atoms with Crippen molar-refractivity contribution in [2.45, 2.75) is 6.92 Å². The quantitative estimate of drug-likeness (QED) is 0.585. The fourth-order valence-corrected chi connectivity index (χ4v) is 3.17. The summed E-state index contributed by atoms with van der Waals surface area (Å²) in [7, 11) is -3.60. The van der Waals surface area contributed by atoms with Crippen LogP contribution in [0.3, 0.4) is 0 Å². The molecule has 0 unspecified atom stereocenters. The molecule has 6 heteroatoms. The molecule has 0 amide bonds. The number of hydrogen-bond acceptors (Lipinski definition) is 4. The Labute approximate surface area is 70.0 Å². The summed E-state index contributed by atoms with van der Waals surface area (Å²) in [6.45, 7) is 1.55. The molecule has 1 aliphatic rings. The van der Waals surface area contributed by atoms with E-state index in [-0.39, 0.29) is 0 Å². The molecular weight excluding hydrogens is 186 g/mol. The maximum atomic E-state index is 11.1. The first-order valence-corrected chi connectivity index (χ1v) is 5.73. The molecule has 11 heavy (non-hydrogen) atoms. The lowest BCUT2D eigenvalue weighted by atomic mass is 10.8. The minimum atomic E-state index is -3.60. The van der Waals surface area contributed by atoms with Crippen LogP contribution in [0.15, 0.2) is 0 Å². The van der Waals surface area contributed by atoms with E-state index in [0.29, 0.717) is 12.4 Å². The van der Waals surface area contributed by atoms with Gasteiger partial charge in [0.2, 0.25) is 0 Å². The summed E-state index contributed by atoms with van der Waals surface area (Å²) in [6.07, 6.45) is 0. The summed E-state index contributed by atoms with van der Waals surface area (Å²) in [5.41, 5.74) is 0. The molecule has 0 N–H and O–H groups in total. The Kier molecular flexibility index (Phi) is 2.56. The highest BCUT2D eigenvalue weighted by atomic mass is 32.2. The average Bonchev–Trinajstić information content (AvgIpc) is 2.37. The standard InChI is InChI=1S/C5H9NO3S2/c1-5(7)11(8,9)6-2-3-10-4-6/h2-4H2,1H3. The summed E-state index contributed by atoms with van der Waals surface area (Å²) >= 11 is 1.52. The van der Waals surface area contributed by atoms with Gasteiger partial charge in [-0.05, 0) is 0 Å². The molecule has 1 heterocycles. The van der Waals surface area contributed by atoms with Crippen LogP contribution in [0.2, 0.25) is 0 Å².